The second-order valence-electron chi connectivity index (χ2n) is 6.31. The average Bonchev–Trinajstić information content (AvgIpc) is 2.68. The molecular weight excluding hydrogens is 349 g/mol. The summed E-state index contributed by atoms with van der Waals surface area (Å²) in [6.07, 6.45) is -4.44. The number of rotatable bonds is 2. The van der Waals surface area contributed by atoms with Gasteiger partial charge in [0.15, 0.2) is 0 Å². The van der Waals surface area contributed by atoms with Crippen molar-refractivity contribution in [2.75, 3.05) is 0 Å². The molecule has 0 fully saturated rings. The highest BCUT2D eigenvalue weighted by Crippen LogP contribution is 2.44. The summed E-state index contributed by atoms with van der Waals surface area (Å²) in [5.41, 5.74) is 2.18. The van der Waals surface area contributed by atoms with Crippen molar-refractivity contribution in [1.29, 1.82) is 0 Å². The molecule has 0 amide bonds. The normalized spacial score (nSPS) is 11.7. The first-order chi connectivity index (χ1) is 12.9. The van der Waals surface area contributed by atoms with E-state index in [0.717, 1.165) is 23.3 Å². The Labute approximate surface area is 154 Å². The van der Waals surface area contributed by atoms with Crippen LogP contribution in [0.15, 0.2) is 84.9 Å². The first-order valence-electron chi connectivity index (χ1n) is 8.43. The minimum Gasteiger partial charge on any atom is -0.507 e. The van der Waals surface area contributed by atoms with Crippen LogP contribution in [0.5, 0.6) is 5.75 Å². The fourth-order valence-corrected chi connectivity index (χ4v) is 3.31. The van der Waals surface area contributed by atoms with Crippen LogP contribution < -0.4 is 0 Å². The van der Waals surface area contributed by atoms with E-state index in [1.807, 2.05) is 60.7 Å². The zero-order valence-corrected chi connectivity index (χ0v) is 14.2. The van der Waals surface area contributed by atoms with Crippen LogP contribution >= 0.6 is 0 Å². The Morgan fingerprint density at radius 2 is 1.26 bits per heavy atom. The molecule has 1 N–H and O–H groups in total. The van der Waals surface area contributed by atoms with Crippen molar-refractivity contribution < 1.29 is 18.3 Å². The molecule has 0 saturated carbocycles. The molecule has 0 aromatic heterocycles. The summed E-state index contributed by atoms with van der Waals surface area (Å²) >= 11 is 0. The molecule has 0 unspecified atom stereocenters. The van der Waals surface area contributed by atoms with E-state index < -0.39 is 11.7 Å². The fraction of sp³-hybridized carbons (Fsp3) is 0.0435. The molecule has 0 bridgehead atoms. The summed E-state index contributed by atoms with van der Waals surface area (Å²) in [7, 11) is 0. The molecule has 1 nitrogen and oxygen atoms in total. The van der Waals surface area contributed by atoms with Crippen molar-refractivity contribution in [2.45, 2.75) is 6.18 Å². The molecule has 0 atom stereocenters. The van der Waals surface area contributed by atoms with Gasteiger partial charge in [0.2, 0.25) is 0 Å². The summed E-state index contributed by atoms with van der Waals surface area (Å²) in [5, 5.41) is 11.7. The van der Waals surface area contributed by atoms with E-state index in [1.165, 1.54) is 6.07 Å². The number of alkyl halides is 3. The molecule has 0 radical (unpaired) electrons. The van der Waals surface area contributed by atoms with Gasteiger partial charge in [0, 0.05) is 10.9 Å². The van der Waals surface area contributed by atoms with Crippen LogP contribution in [-0.2, 0) is 6.18 Å². The van der Waals surface area contributed by atoms with E-state index in [0.29, 0.717) is 21.9 Å². The van der Waals surface area contributed by atoms with Gasteiger partial charge in [-0.15, -0.1) is 0 Å². The lowest BCUT2D eigenvalue weighted by molar-refractivity contribution is -0.137. The van der Waals surface area contributed by atoms with Crippen molar-refractivity contribution in [3.8, 4) is 28.0 Å². The SMILES string of the molecule is Oc1c(-c2ccccc2)c(-c2ccccc2)cc2cc(C(F)(F)F)ccc12. The van der Waals surface area contributed by atoms with Crippen LogP contribution in [0.25, 0.3) is 33.0 Å². The quantitative estimate of drug-likeness (QED) is 0.410. The first kappa shape index (κ1) is 17.2. The minimum absolute atomic E-state index is 0.0220. The maximum atomic E-state index is 13.1. The van der Waals surface area contributed by atoms with Gasteiger partial charge in [-0.1, -0.05) is 66.7 Å². The highest BCUT2D eigenvalue weighted by atomic mass is 19.4. The van der Waals surface area contributed by atoms with Crippen molar-refractivity contribution in [1.82, 2.24) is 0 Å². The maximum Gasteiger partial charge on any atom is 0.416 e. The third-order valence-electron chi connectivity index (χ3n) is 4.59. The number of benzene rings is 4. The number of aromatic hydroxyl groups is 1. The third kappa shape index (κ3) is 3.14. The Bertz CT molecular complexity index is 1100. The number of phenols is 1. The average molecular weight is 364 g/mol. The van der Waals surface area contributed by atoms with E-state index in [1.54, 1.807) is 6.07 Å². The van der Waals surface area contributed by atoms with Crippen molar-refractivity contribution >= 4 is 10.8 Å². The summed E-state index contributed by atoms with van der Waals surface area (Å²) in [6.45, 7) is 0. The smallest absolute Gasteiger partial charge is 0.416 e. The van der Waals surface area contributed by atoms with Crippen molar-refractivity contribution in [3.63, 3.8) is 0 Å². The van der Waals surface area contributed by atoms with Gasteiger partial charge in [0.25, 0.3) is 0 Å². The van der Waals surface area contributed by atoms with Gasteiger partial charge in [-0.2, -0.15) is 13.2 Å². The molecule has 134 valence electrons. The molecule has 4 rings (SSSR count). The summed E-state index contributed by atoms with van der Waals surface area (Å²) in [4.78, 5) is 0. The lowest BCUT2D eigenvalue weighted by Gasteiger charge is -2.16. The summed E-state index contributed by atoms with van der Waals surface area (Å²) in [6, 6.07) is 23.8. The van der Waals surface area contributed by atoms with Crippen LogP contribution in [0, 0.1) is 0 Å². The minimum atomic E-state index is -4.44. The largest absolute Gasteiger partial charge is 0.507 e. The molecular formula is C23H15F3O. The van der Waals surface area contributed by atoms with Gasteiger partial charge in [0.05, 0.1) is 5.56 Å². The van der Waals surface area contributed by atoms with Crippen LogP contribution in [0.2, 0.25) is 0 Å². The number of phenolic OH excluding ortho intramolecular Hbond substituents is 1. The zero-order chi connectivity index (χ0) is 19.0. The van der Waals surface area contributed by atoms with Gasteiger partial charge in [-0.05, 0) is 40.3 Å². The van der Waals surface area contributed by atoms with E-state index in [2.05, 4.69) is 0 Å². The van der Waals surface area contributed by atoms with E-state index in [9.17, 15) is 18.3 Å². The molecule has 0 aliphatic rings. The van der Waals surface area contributed by atoms with Gasteiger partial charge in [-0.3, -0.25) is 0 Å². The highest BCUT2D eigenvalue weighted by molar-refractivity contribution is 6.02. The van der Waals surface area contributed by atoms with Crippen LogP contribution in [-0.4, -0.2) is 5.11 Å². The molecule has 27 heavy (non-hydrogen) atoms. The third-order valence-corrected chi connectivity index (χ3v) is 4.59. The molecule has 0 aliphatic heterocycles. The second-order valence-corrected chi connectivity index (χ2v) is 6.31. The van der Waals surface area contributed by atoms with Crippen molar-refractivity contribution in [3.05, 3.63) is 90.5 Å². The molecule has 4 aromatic rings. The van der Waals surface area contributed by atoms with E-state index in [-0.39, 0.29) is 5.75 Å². The lowest BCUT2D eigenvalue weighted by Crippen LogP contribution is -2.04. The first-order valence-corrected chi connectivity index (χ1v) is 8.43. The molecule has 0 aliphatic carbocycles. The standard InChI is InChI=1S/C23H15F3O/c24-23(25,26)18-11-12-19-17(13-18)14-20(15-7-3-1-4-8-15)21(22(19)27)16-9-5-2-6-10-16/h1-14,27H. The fourth-order valence-electron chi connectivity index (χ4n) is 3.31. The number of halogens is 3. The van der Waals surface area contributed by atoms with Crippen LogP contribution in [0.1, 0.15) is 5.56 Å². The Morgan fingerprint density at radius 3 is 1.85 bits per heavy atom. The van der Waals surface area contributed by atoms with Gasteiger partial charge >= 0.3 is 6.18 Å². The predicted octanol–water partition coefficient (Wildman–Crippen LogP) is 6.90. The number of fused-ring (bicyclic) bond motifs is 1. The second kappa shape index (κ2) is 6.47. The number of hydrogen-bond acceptors (Lipinski definition) is 1. The molecule has 4 heteroatoms. The Balaban J connectivity index is 2.07. The summed E-state index contributed by atoms with van der Waals surface area (Å²) in [5.74, 6) is -0.0220. The van der Waals surface area contributed by atoms with Gasteiger partial charge in [-0.25, -0.2) is 0 Å². The topological polar surface area (TPSA) is 20.2 Å². The molecule has 0 spiro atoms. The number of hydrogen-bond donors (Lipinski definition) is 1. The van der Waals surface area contributed by atoms with E-state index in [4.69, 9.17) is 0 Å². The Hall–Kier alpha value is -3.27. The Morgan fingerprint density at radius 1 is 0.667 bits per heavy atom. The highest BCUT2D eigenvalue weighted by Gasteiger charge is 2.31. The Kier molecular flexibility index (Phi) is 4.11. The van der Waals surface area contributed by atoms with Gasteiger partial charge in [0.1, 0.15) is 5.75 Å². The monoisotopic (exact) mass is 364 g/mol. The predicted molar refractivity (Wildman–Crippen MR) is 101 cm³/mol. The lowest BCUT2D eigenvalue weighted by atomic mass is 9.90. The van der Waals surface area contributed by atoms with Crippen LogP contribution in [0.3, 0.4) is 0 Å². The molecule has 0 saturated heterocycles. The zero-order valence-electron chi connectivity index (χ0n) is 14.2. The van der Waals surface area contributed by atoms with Crippen LogP contribution in [0.4, 0.5) is 13.2 Å². The van der Waals surface area contributed by atoms with Gasteiger partial charge < -0.3 is 5.11 Å². The van der Waals surface area contributed by atoms with E-state index >= 15 is 0 Å². The molecule has 4 aromatic carbocycles. The summed E-state index contributed by atoms with van der Waals surface area (Å²) < 4.78 is 39.4. The van der Waals surface area contributed by atoms with Crippen molar-refractivity contribution in [2.24, 2.45) is 0 Å². The molecule has 0 heterocycles. The maximum absolute atomic E-state index is 13.1.